The highest BCUT2D eigenvalue weighted by Gasteiger charge is 2.26. The van der Waals surface area contributed by atoms with E-state index in [0.29, 0.717) is 23.3 Å². The first-order valence-electron chi connectivity index (χ1n) is 6.48. The molecule has 1 heterocycles. The molecule has 0 saturated carbocycles. The molecule has 2 nitrogen and oxygen atoms in total. The molecule has 1 aliphatic heterocycles. The molecule has 0 bridgehead atoms. The van der Waals surface area contributed by atoms with E-state index in [9.17, 15) is 0 Å². The van der Waals surface area contributed by atoms with Crippen LogP contribution < -0.4 is 0 Å². The predicted molar refractivity (Wildman–Crippen MR) is 80.3 cm³/mol. The second-order valence-corrected chi connectivity index (χ2v) is 5.50. The highest BCUT2D eigenvalue weighted by molar-refractivity contribution is 6.31. The zero-order valence-corrected chi connectivity index (χ0v) is 12.3. The third-order valence-corrected chi connectivity index (χ3v) is 4.09. The number of benzene rings is 2. The van der Waals surface area contributed by atoms with E-state index < -0.39 is 0 Å². The molecule has 2 aromatic rings. The van der Waals surface area contributed by atoms with Gasteiger partial charge in [0.05, 0.1) is 13.2 Å². The van der Waals surface area contributed by atoms with Crippen molar-refractivity contribution in [3.05, 3.63) is 69.7 Å². The van der Waals surface area contributed by atoms with Gasteiger partial charge in [-0.2, -0.15) is 0 Å². The molecule has 0 amide bonds. The molecule has 104 valence electrons. The average Bonchev–Trinajstić information content (AvgIpc) is 2.49. The summed E-state index contributed by atoms with van der Waals surface area (Å²) in [5, 5.41) is 1.41. The summed E-state index contributed by atoms with van der Waals surface area (Å²) >= 11 is 12.4. The minimum Gasteiger partial charge on any atom is -0.368 e. The van der Waals surface area contributed by atoms with Gasteiger partial charge in [0, 0.05) is 21.2 Å². The van der Waals surface area contributed by atoms with Crippen molar-refractivity contribution in [2.45, 2.75) is 12.2 Å². The first kappa shape index (κ1) is 13.9. The fraction of sp³-hybridized carbons (Fsp3) is 0.250. The summed E-state index contributed by atoms with van der Waals surface area (Å²) < 4.78 is 11.8. The van der Waals surface area contributed by atoms with E-state index in [4.69, 9.17) is 32.7 Å². The Kier molecular flexibility index (Phi) is 4.27. The maximum absolute atomic E-state index is 6.18. The predicted octanol–water partition coefficient (Wildman–Crippen LogP) is 4.82. The lowest BCUT2D eigenvalue weighted by Crippen LogP contribution is -2.26. The Morgan fingerprint density at radius 2 is 1.10 bits per heavy atom. The molecule has 1 fully saturated rings. The first-order chi connectivity index (χ1) is 9.75. The molecule has 0 aliphatic carbocycles. The number of hydrogen-bond donors (Lipinski definition) is 0. The molecule has 3 rings (SSSR count). The Bertz CT molecular complexity index is 539. The molecular formula is C16H14Cl2O2. The van der Waals surface area contributed by atoms with E-state index in [-0.39, 0.29) is 12.2 Å². The van der Waals surface area contributed by atoms with Gasteiger partial charge in [-0.25, -0.2) is 0 Å². The zero-order valence-electron chi connectivity index (χ0n) is 10.8. The number of halogens is 2. The maximum Gasteiger partial charge on any atom is 0.107 e. The second kappa shape index (κ2) is 6.15. The molecule has 20 heavy (non-hydrogen) atoms. The van der Waals surface area contributed by atoms with Crippen LogP contribution in [0.15, 0.2) is 48.5 Å². The van der Waals surface area contributed by atoms with Gasteiger partial charge < -0.3 is 9.47 Å². The molecule has 2 aromatic carbocycles. The largest absolute Gasteiger partial charge is 0.368 e. The number of rotatable bonds is 2. The minimum absolute atomic E-state index is 0.123. The van der Waals surface area contributed by atoms with Crippen LogP contribution in [0.3, 0.4) is 0 Å². The van der Waals surface area contributed by atoms with Crippen LogP contribution in [0.4, 0.5) is 0 Å². The average molecular weight is 309 g/mol. The van der Waals surface area contributed by atoms with Crippen molar-refractivity contribution in [1.82, 2.24) is 0 Å². The second-order valence-electron chi connectivity index (χ2n) is 4.69. The molecule has 0 N–H and O–H groups in total. The SMILES string of the molecule is Clc1ccccc1C1COC(c2ccccc2Cl)CO1. The topological polar surface area (TPSA) is 18.5 Å². The van der Waals surface area contributed by atoms with Crippen molar-refractivity contribution in [3.63, 3.8) is 0 Å². The van der Waals surface area contributed by atoms with Gasteiger partial charge in [0.15, 0.2) is 0 Å². The lowest BCUT2D eigenvalue weighted by Gasteiger charge is -2.30. The van der Waals surface area contributed by atoms with Gasteiger partial charge >= 0.3 is 0 Å². The van der Waals surface area contributed by atoms with E-state index in [2.05, 4.69) is 0 Å². The van der Waals surface area contributed by atoms with Crippen molar-refractivity contribution in [2.24, 2.45) is 0 Å². The summed E-state index contributed by atoms with van der Waals surface area (Å²) in [5.41, 5.74) is 1.93. The third kappa shape index (κ3) is 2.84. The van der Waals surface area contributed by atoms with Gasteiger partial charge in [0.1, 0.15) is 12.2 Å². The van der Waals surface area contributed by atoms with Gasteiger partial charge in [0.25, 0.3) is 0 Å². The molecule has 0 spiro atoms. The fourth-order valence-corrected chi connectivity index (χ4v) is 2.85. The van der Waals surface area contributed by atoms with Gasteiger partial charge in [-0.1, -0.05) is 59.6 Å². The summed E-state index contributed by atoms with van der Waals surface area (Å²) in [6.45, 7) is 0.944. The van der Waals surface area contributed by atoms with Crippen LogP contribution in [-0.4, -0.2) is 13.2 Å². The lowest BCUT2D eigenvalue weighted by molar-refractivity contribution is -0.137. The normalized spacial score (nSPS) is 22.7. The van der Waals surface area contributed by atoms with E-state index in [1.54, 1.807) is 0 Å². The Balaban J connectivity index is 1.72. The van der Waals surface area contributed by atoms with Crippen LogP contribution in [0.25, 0.3) is 0 Å². The standard InChI is InChI=1S/C16H14Cl2O2/c17-13-7-3-1-5-11(13)15-9-20-16(10-19-15)12-6-2-4-8-14(12)18/h1-8,15-16H,9-10H2. The fourth-order valence-electron chi connectivity index (χ4n) is 2.33. The molecule has 1 saturated heterocycles. The van der Waals surface area contributed by atoms with Crippen molar-refractivity contribution >= 4 is 23.2 Å². The van der Waals surface area contributed by atoms with E-state index in [1.165, 1.54) is 0 Å². The molecular weight excluding hydrogens is 295 g/mol. The number of hydrogen-bond acceptors (Lipinski definition) is 2. The quantitative estimate of drug-likeness (QED) is 0.791. The van der Waals surface area contributed by atoms with Crippen molar-refractivity contribution in [3.8, 4) is 0 Å². The van der Waals surface area contributed by atoms with E-state index >= 15 is 0 Å². The van der Waals surface area contributed by atoms with E-state index in [0.717, 1.165) is 11.1 Å². The number of ether oxygens (including phenoxy) is 2. The highest BCUT2D eigenvalue weighted by atomic mass is 35.5. The van der Waals surface area contributed by atoms with Crippen LogP contribution in [-0.2, 0) is 9.47 Å². The smallest absolute Gasteiger partial charge is 0.107 e. The minimum atomic E-state index is -0.123. The van der Waals surface area contributed by atoms with Crippen LogP contribution in [0.1, 0.15) is 23.3 Å². The van der Waals surface area contributed by atoms with Crippen molar-refractivity contribution in [1.29, 1.82) is 0 Å². The zero-order chi connectivity index (χ0) is 13.9. The first-order valence-corrected chi connectivity index (χ1v) is 7.23. The highest BCUT2D eigenvalue weighted by Crippen LogP contribution is 2.34. The summed E-state index contributed by atoms with van der Waals surface area (Å²) in [5.74, 6) is 0. The summed E-state index contributed by atoms with van der Waals surface area (Å²) in [4.78, 5) is 0. The molecule has 0 radical (unpaired) electrons. The van der Waals surface area contributed by atoms with Crippen LogP contribution in [0.2, 0.25) is 10.0 Å². The maximum atomic E-state index is 6.18. The van der Waals surface area contributed by atoms with Crippen molar-refractivity contribution < 1.29 is 9.47 Å². The molecule has 1 aliphatic rings. The van der Waals surface area contributed by atoms with Gasteiger partial charge in [-0.3, -0.25) is 0 Å². The van der Waals surface area contributed by atoms with Crippen LogP contribution >= 0.6 is 23.2 Å². The Labute approximate surface area is 128 Å². The monoisotopic (exact) mass is 308 g/mol. The third-order valence-electron chi connectivity index (χ3n) is 3.40. The summed E-state index contributed by atoms with van der Waals surface area (Å²) in [7, 11) is 0. The Morgan fingerprint density at radius 3 is 1.45 bits per heavy atom. The molecule has 2 atom stereocenters. The van der Waals surface area contributed by atoms with Crippen LogP contribution in [0.5, 0.6) is 0 Å². The Hall–Kier alpha value is -1.06. The molecule has 2 unspecified atom stereocenters. The molecule has 4 heteroatoms. The lowest BCUT2D eigenvalue weighted by atomic mass is 10.1. The van der Waals surface area contributed by atoms with E-state index in [1.807, 2.05) is 48.5 Å². The summed E-state index contributed by atoms with van der Waals surface area (Å²) in [6, 6.07) is 15.4. The summed E-state index contributed by atoms with van der Waals surface area (Å²) in [6.07, 6.45) is -0.245. The van der Waals surface area contributed by atoms with Gasteiger partial charge in [-0.15, -0.1) is 0 Å². The Morgan fingerprint density at radius 1 is 0.700 bits per heavy atom. The van der Waals surface area contributed by atoms with Gasteiger partial charge in [-0.05, 0) is 12.1 Å². The molecule has 0 aromatic heterocycles. The van der Waals surface area contributed by atoms with Crippen molar-refractivity contribution in [2.75, 3.05) is 13.2 Å². The van der Waals surface area contributed by atoms with Crippen LogP contribution in [0, 0.1) is 0 Å². The van der Waals surface area contributed by atoms with Gasteiger partial charge in [0.2, 0.25) is 0 Å².